The molecule has 1 atom stereocenters. The zero-order valence-electron chi connectivity index (χ0n) is 10.8. The summed E-state index contributed by atoms with van der Waals surface area (Å²) >= 11 is 1.49. The Labute approximate surface area is 116 Å². The number of rotatable bonds is 2. The summed E-state index contributed by atoms with van der Waals surface area (Å²) in [6.07, 6.45) is 2.00. The molecule has 2 aromatic rings. The Kier molecular flexibility index (Phi) is 3.40. The monoisotopic (exact) mass is 276 g/mol. The number of hydrogen-bond acceptors (Lipinski definition) is 3. The number of aromatic nitrogens is 1. The van der Waals surface area contributed by atoms with Gasteiger partial charge in [-0.3, -0.25) is 4.79 Å². The predicted molar refractivity (Wildman–Crippen MR) is 74.3 cm³/mol. The van der Waals surface area contributed by atoms with Crippen molar-refractivity contribution in [2.24, 2.45) is 7.05 Å². The summed E-state index contributed by atoms with van der Waals surface area (Å²) < 4.78 is 7.60. The lowest BCUT2D eigenvalue weighted by atomic mass is 10.1. The third-order valence-corrected chi connectivity index (χ3v) is 4.30. The third kappa shape index (κ3) is 2.31. The molecule has 0 aromatic carbocycles. The lowest BCUT2D eigenvalue weighted by Crippen LogP contribution is -2.43. The van der Waals surface area contributed by atoms with Crippen molar-refractivity contribution in [2.45, 2.75) is 6.04 Å². The van der Waals surface area contributed by atoms with Crippen LogP contribution in [0.5, 0.6) is 0 Å². The minimum absolute atomic E-state index is 0.00310. The quantitative estimate of drug-likeness (QED) is 0.843. The Morgan fingerprint density at radius 1 is 1.42 bits per heavy atom. The summed E-state index contributed by atoms with van der Waals surface area (Å²) in [7, 11) is 2.00. The maximum atomic E-state index is 12.5. The largest absolute Gasteiger partial charge is 0.377 e. The van der Waals surface area contributed by atoms with Gasteiger partial charge in [0.15, 0.2) is 0 Å². The molecule has 0 bridgehead atoms. The molecule has 0 radical (unpaired) electrons. The molecular formula is C14H16N2O2S. The van der Waals surface area contributed by atoms with Gasteiger partial charge in [-0.25, -0.2) is 0 Å². The van der Waals surface area contributed by atoms with Crippen LogP contribution in [0.1, 0.15) is 21.4 Å². The molecule has 0 spiro atoms. The second kappa shape index (κ2) is 5.19. The van der Waals surface area contributed by atoms with E-state index in [1.165, 1.54) is 11.3 Å². The Morgan fingerprint density at radius 3 is 3.00 bits per heavy atom. The molecule has 0 aliphatic carbocycles. The van der Waals surface area contributed by atoms with E-state index in [4.69, 9.17) is 4.74 Å². The molecular weight excluding hydrogens is 260 g/mol. The van der Waals surface area contributed by atoms with Crippen LogP contribution in [0.15, 0.2) is 35.8 Å². The van der Waals surface area contributed by atoms with Crippen molar-refractivity contribution >= 4 is 17.2 Å². The van der Waals surface area contributed by atoms with Gasteiger partial charge in [-0.2, -0.15) is 0 Å². The van der Waals surface area contributed by atoms with Crippen LogP contribution in [0, 0.1) is 0 Å². The molecule has 1 amide bonds. The first-order chi connectivity index (χ1) is 9.27. The molecule has 3 rings (SSSR count). The zero-order chi connectivity index (χ0) is 13.2. The average molecular weight is 276 g/mol. The fourth-order valence-electron chi connectivity index (χ4n) is 2.45. The second-order valence-electron chi connectivity index (χ2n) is 4.61. The first-order valence-electron chi connectivity index (χ1n) is 6.31. The van der Waals surface area contributed by atoms with Gasteiger partial charge in [0.1, 0.15) is 0 Å². The molecule has 1 saturated heterocycles. The number of hydrogen-bond donors (Lipinski definition) is 0. The highest BCUT2D eigenvalue weighted by atomic mass is 32.1. The fourth-order valence-corrected chi connectivity index (χ4v) is 3.13. The average Bonchev–Trinajstić information content (AvgIpc) is 3.09. The van der Waals surface area contributed by atoms with Crippen LogP contribution in [-0.4, -0.2) is 35.1 Å². The van der Waals surface area contributed by atoms with Gasteiger partial charge in [0, 0.05) is 25.5 Å². The highest BCUT2D eigenvalue weighted by Crippen LogP contribution is 2.27. The third-order valence-electron chi connectivity index (χ3n) is 3.45. The van der Waals surface area contributed by atoms with Gasteiger partial charge in [0.25, 0.3) is 5.91 Å². The van der Waals surface area contributed by atoms with Crippen molar-refractivity contribution in [3.8, 4) is 0 Å². The molecule has 5 heteroatoms. The van der Waals surface area contributed by atoms with Gasteiger partial charge >= 0.3 is 0 Å². The highest BCUT2D eigenvalue weighted by molar-refractivity contribution is 7.12. The van der Waals surface area contributed by atoms with Crippen molar-refractivity contribution in [2.75, 3.05) is 19.8 Å². The number of amides is 1. The maximum absolute atomic E-state index is 12.5. The van der Waals surface area contributed by atoms with Crippen molar-refractivity contribution in [1.29, 1.82) is 0 Å². The molecule has 4 nitrogen and oxygen atoms in total. The van der Waals surface area contributed by atoms with Crippen molar-refractivity contribution in [3.63, 3.8) is 0 Å². The van der Waals surface area contributed by atoms with E-state index >= 15 is 0 Å². The van der Waals surface area contributed by atoms with Crippen LogP contribution in [0.25, 0.3) is 0 Å². The van der Waals surface area contributed by atoms with E-state index in [0.29, 0.717) is 19.8 Å². The SMILES string of the molecule is Cn1cccc1[C@H]1COCCN1C(=O)c1cccs1. The molecule has 1 aliphatic heterocycles. The van der Waals surface area contributed by atoms with Crippen molar-refractivity contribution < 1.29 is 9.53 Å². The predicted octanol–water partition coefficient (Wildman–Crippen LogP) is 2.30. The van der Waals surface area contributed by atoms with Crippen LogP contribution >= 0.6 is 11.3 Å². The normalized spacial score (nSPS) is 19.6. The minimum atomic E-state index is 0.00310. The number of nitrogens with zero attached hydrogens (tertiary/aromatic N) is 2. The molecule has 0 N–H and O–H groups in total. The van der Waals surface area contributed by atoms with Gasteiger partial charge in [-0.15, -0.1) is 11.3 Å². The number of morpholine rings is 1. The smallest absolute Gasteiger partial charge is 0.264 e. The Bertz CT molecular complexity index is 562. The standard InChI is InChI=1S/C14H16N2O2S/c1-15-6-2-4-11(15)12-10-18-8-7-16(12)14(17)13-5-3-9-19-13/h2-6,9,12H,7-8,10H2,1H3/t12-/m1/s1. The van der Waals surface area contributed by atoms with Gasteiger partial charge in [-0.05, 0) is 23.6 Å². The molecule has 0 saturated carbocycles. The first kappa shape index (κ1) is 12.4. The van der Waals surface area contributed by atoms with Crippen molar-refractivity contribution in [1.82, 2.24) is 9.47 Å². The first-order valence-corrected chi connectivity index (χ1v) is 7.19. The minimum Gasteiger partial charge on any atom is -0.377 e. The lowest BCUT2D eigenvalue weighted by Gasteiger charge is -2.35. The number of thiophene rings is 1. The molecule has 3 heterocycles. The summed E-state index contributed by atoms with van der Waals surface area (Å²) in [5, 5.41) is 1.94. The molecule has 1 fully saturated rings. The number of carbonyl (C=O) groups excluding carboxylic acids is 1. The fraction of sp³-hybridized carbons (Fsp3) is 0.357. The number of carbonyl (C=O) groups is 1. The van der Waals surface area contributed by atoms with E-state index in [0.717, 1.165) is 10.6 Å². The second-order valence-corrected chi connectivity index (χ2v) is 5.56. The van der Waals surface area contributed by atoms with Crippen LogP contribution in [0.3, 0.4) is 0 Å². The highest BCUT2D eigenvalue weighted by Gasteiger charge is 2.30. The summed E-state index contributed by atoms with van der Waals surface area (Å²) in [6, 6.07) is 7.84. The number of aryl methyl sites for hydroxylation is 1. The van der Waals surface area contributed by atoms with Gasteiger partial charge < -0.3 is 14.2 Å². The molecule has 19 heavy (non-hydrogen) atoms. The van der Waals surface area contributed by atoms with Crippen LogP contribution in [0.4, 0.5) is 0 Å². The van der Waals surface area contributed by atoms with E-state index < -0.39 is 0 Å². The van der Waals surface area contributed by atoms with E-state index in [2.05, 4.69) is 0 Å². The Hall–Kier alpha value is -1.59. The van der Waals surface area contributed by atoms with Gasteiger partial charge in [-0.1, -0.05) is 6.07 Å². The zero-order valence-corrected chi connectivity index (χ0v) is 11.6. The van der Waals surface area contributed by atoms with Crippen LogP contribution in [-0.2, 0) is 11.8 Å². The molecule has 2 aromatic heterocycles. The topological polar surface area (TPSA) is 34.5 Å². The van der Waals surface area contributed by atoms with E-state index in [-0.39, 0.29) is 11.9 Å². The van der Waals surface area contributed by atoms with E-state index in [1.54, 1.807) is 0 Å². The summed E-state index contributed by atoms with van der Waals surface area (Å²) in [5.74, 6) is 0.101. The molecule has 0 unspecified atom stereocenters. The van der Waals surface area contributed by atoms with Crippen molar-refractivity contribution in [3.05, 3.63) is 46.4 Å². The molecule has 1 aliphatic rings. The Morgan fingerprint density at radius 2 is 2.32 bits per heavy atom. The maximum Gasteiger partial charge on any atom is 0.264 e. The van der Waals surface area contributed by atoms with E-state index in [9.17, 15) is 4.79 Å². The van der Waals surface area contributed by atoms with Gasteiger partial charge in [0.2, 0.25) is 0 Å². The van der Waals surface area contributed by atoms with E-state index in [1.807, 2.05) is 52.4 Å². The Balaban J connectivity index is 1.90. The summed E-state index contributed by atoms with van der Waals surface area (Å²) in [6.45, 7) is 1.82. The summed E-state index contributed by atoms with van der Waals surface area (Å²) in [4.78, 5) is 15.3. The summed E-state index contributed by atoms with van der Waals surface area (Å²) in [5.41, 5.74) is 1.12. The number of ether oxygens (including phenoxy) is 1. The molecule has 100 valence electrons. The van der Waals surface area contributed by atoms with Gasteiger partial charge in [0.05, 0.1) is 24.1 Å². The van der Waals surface area contributed by atoms with Crippen LogP contribution in [0.2, 0.25) is 0 Å². The van der Waals surface area contributed by atoms with Crippen LogP contribution < -0.4 is 0 Å². The lowest BCUT2D eigenvalue weighted by molar-refractivity contribution is -0.00437.